The van der Waals surface area contributed by atoms with E-state index in [0.29, 0.717) is 12.5 Å². The molecule has 1 rings (SSSR count). The second kappa shape index (κ2) is 8.67. The van der Waals surface area contributed by atoms with Crippen molar-refractivity contribution >= 4 is 11.6 Å². The summed E-state index contributed by atoms with van der Waals surface area (Å²) in [4.78, 5) is 14.0. The molecule has 0 saturated carbocycles. The van der Waals surface area contributed by atoms with Gasteiger partial charge in [-0.2, -0.15) is 0 Å². The molecule has 4 nitrogen and oxygen atoms in total. The van der Waals surface area contributed by atoms with Gasteiger partial charge < -0.3 is 15.3 Å². The van der Waals surface area contributed by atoms with E-state index in [-0.39, 0.29) is 12.5 Å². The number of rotatable bonds is 8. The van der Waals surface area contributed by atoms with Crippen molar-refractivity contribution in [3.63, 3.8) is 0 Å². The standard InChI is InChI=1S/C15H24N2O2/c1-13(2)17(10-6-12-18)11-9-15(19)16-14-7-4-3-5-8-14/h3-5,7-8,13,18H,6,9-12H2,1-2H3,(H,16,19). The first-order valence-electron chi connectivity index (χ1n) is 6.83. The van der Waals surface area contributed by atoms with Gasteiger partial charge in [-0.3, -0.25) is 4.79 Å². The van der Waals surface area contributed by atoms with E-state index in [4.69, 9.17) is 5.11 Å². The van der Waals surface area contributed by atoms with Gasteiger partial charge in [-0.25, -0.2) is 0 Å². The Labute approximate surface area is 115 Å². The first-order chi connectivity index (χ1) is 9.13. The monoisotopic (exact) mass is 264 g/mol. The van der Waals surface area contributed by atoms with E-state index in [1.165, 1.54) is 0 Å². The van der Waals surface area contributed by atoms with E-state index >= 15 is 0 Å². The van der Waals surface area contributed by atoms with Gasteiger partial charge in [0.25, 0.3) is 0 Å². The van der Waals surface area contributed by atoms with E-state index in [9.17, 15) is 4.79 Å². The van der Waals surface area contributed by atoms with Crippen molar-refractivity contribution in [3.8, 4) is 0 Å². The molecule has 0 aromatic heterocycles. The second-order valence-electron chi connectivity index (χ2n) is 4.87. The van der Waals surface area contributed by atoms with Gasteiger partial charge in [-0.15, -0.1) is 0 Å². The highest BCUT2D eigenvalue weighted by molar-refractivity contribution is 5.90. The fourth-order valence-electron chi connectivity index (χ4n) is 1.89. The average Bonchev–Trinajstić information content (AvgIpc) is 2.39. The van der Waals surface area contributed by atoms with Crippen LogP contribution in [0.15, 0.2) is 30.3 Å². The maximum absolute atomic E-state index is 11.8. The van der Waals surface area contributed by atoms with E-state index in [2.05, 4.69) is 24.1 Å². The Morgan fingerprint density at radius 2 is 1.95 bits per heavy atom. The summed E-state index contributed by atoms with van der Waals surface area (Å²) in [7, 11) is 0. The van der Waals surface area contributed by atoms with Crippen molar-refractivity contribution in [3.05, 3.63) is 30.3 Å². The number of hydrogen-bond acceptors (Lipinski definition) is 3. The van der Waals surface area contributed by atoms with Crippen molar-refractivity contribution in [1.29, 1.82) is 0 Å². The van der Waals surface area contributed by atoms with Gasteiger partial charge in [0, 0.05) is 37.8 Å². The molecule has 1 amide bonds. The van der Waals surface area contributed by atoms with Gasteiger partial charge in [-0.05, 0) is 32.4 Å². The van der Waals surface area contributed by atoms with Gasteiger partial charge in [0.05, 0.1) is 0 Å². The highest BCUT2D eigenvalue weighted by atomic mass is 16.3. The first kappa shape index (κ1) is 15.7. The molecule has 0 spiro atoms. The van der Waals surface area contributed by atoms with Crippen molar-refractivity contribution in [2.45, 2.75) is 32.7 Å². The minimum atomic E-state index is 0.0286. The Morgan fingerprint density at radius 1 is 1.26 bits per heavy atom. The molecule has 2 N–H and O–H groups in total. The van der Waals surface area contributed by atoms with Gasteiger partial charge in [0.1, 0.15) is 0 Å². The number of benzene rings is 1. The highest BCUT2D eigenvalue weighted by Crippen LogP contribution is 2.07. The topological polar surface area (TPSA) is 52.6 Å². The molecule has 106 valence electrons. The minimum absolute atomic E-state index is 0.0286. The number of carbonyl (C=O) groups excluding carboxylic acids is 1. The molecule has 4 heteroatoms. The second-order valence-corrected chi connectivity index (χ2v) is 4.87. The smallest absolute Gasteiger partial charge is 0.225 e. The normalized spacial score (nSPS) is 11.0. The lowest BCUT2D eigenvalue weighted by Crippen LogP contribution is -2.35. The summed E-state index contributed by atoms with van der Waals surface area (Å²) in [6.07, 6.45) is 1.22. The Bertz CT molecular complexity index is 366. The van der Waals surface area contributed by atoms with Crippen LogP contribution in [0.1, 0.15) is 26.7 Å². The maximum atomic E-state index is 11.8. The van der Waals surface area contributed by atoms with Crippen LogP contribution < -0.4 is 5.32 Å². The van der Waals surface area contributed by atoms with E-state index < -0.39 is 0 Å². The molecule has 0 radical (unpaired) electrons. The molecule has 0 bridgehead atoms. The quantitative estimate of drug-likeness (QED) is 0.756. The van der Waals surface area contributed by atoms with E-state index in [1.807, 2.05) is 30.3 Å². The summed E-state index contributed by atoms with van der Waals surface area (Å²) in [6.45, 7) is 5.95. The number of nitrogens with one attached hydrogen (secondary N) is 1. The average molecular weight is 264 g/mol. The summed E-state index contributed by atoms with van der Waals surface area (Å²) >= 11 is 0. The van der Waals surface area contributed by atoms with Gasteiger partial charge in [0.2, 0.25) is 5.91 Å². The number of anilines is 1. The molecular formula is C15H24N2O2. The number of para-hydroxylation sites is 1. The molecule has 0 aliphatic rings. The molecule has 0 atom stereocenters. The molecule has 0 aliphatic heterocycles. The van der Waals surface area contributed by atoms with Crippen LogP contribution in [0.25, 0.3) is 0 Å². The Balaban J connectivity index is 2.35. The number of hydrogen-bond donors (Lipinski definition) is 2. The molecule has 0 heterocycles. The summed E-state index contributed by atoms with van der Waals surface area (Å²) in [5.74, 6) is 0.0286. The first-order valence-corrected chi connectivity index (χ1v) is 6.83. The van der Waals surface area contributed by atoms with Crippen LogP contribution in [0, 0.1) is 0 Å². The van der Waals surface area contributed by atoms with Gasteiger partial charge >= 0.3 is 0 Å². The summed E-state index contributed by atoms with van der Waals surface area (Å²) in [5.41, 5.74) is 0.832. The largest absolute Gasteiger partial charge is 0.396 e. The Hall–Kier alpha value is -1.39. The molecule has 0 fully saturated rings. The predicted molar refractivity (Wildman–Crippen MR) is 78.1 cm³/mol. The zero-order valence-corrected chi connectivity index (χ0v) is 11.8. The number of aliphatic hydroxyl groups excluding tert-OH is 1. The summed E-state index contributed by atoms with van der Waals surface area (Å²) in [5, 5.41) is 11.7. The summed E-state index contributed by atoms with van der Waals surface area (Å²) < 4.78 is 0. The highest BCUT2D eigenvalue weighted by Gasteiger charge is 2.11. The SMILES string of the molecule is CC(C)N(CCCO)CCC(=O)Nc1ccccc1. The van der Waals surface area contributed by atoms with E-state index in [1.54, 1.807) is 0 Å². The number of carbonyl (C=O) groups is 1. The predicted octanol–water partition coefficient (Wildman–Crippen LogP) is 2.11. The van der Waals surface area contributed by atoms with Gasteiger partial charge in [0.15, 0.2) is 0 Å². The number of aliphatic hydroxyl groups is 1. The van der Waals surface area contributed by atoms with E-state index in [0.717, 1.165) is 25.2 Å². The lowest BCUT2D eigenvalue weighted by Gasteiger charge is -2.25. The molecule has 0 aliphatic carbocycles. The fraction of sp³-hybridized carbons (Fsp3) is 0.533. The lowest BCUT2D eigenvalue weighted by molar-refractivity contribution is -0.116. The van der Waals surface area contributed by atoms with Crippen LogP contribution >= 0.6 is 0 Å². The van der Waals surface area contributed by atoms with Crippen LogP contribution in [0.3, 0.4) is 0 Å². The van der Waals surface area contributed by atoms with Crippen molar-refractivity contribution in [1.82, 2.24) is 4.90 Å². The third kappa shape index (κ3) is 6.36. The third-order valence-corrected chi connectivity index (χ3v) is 3.02. The van der Waals surface area contributed by atoms with Crippen LogP contribution in [0.5, 0.6) is 0 Å². The maximum Gasteiger partial charge on any atom is 0.225 e. The van der Waals surface area contributed by atoms with Crippen molar-refractivity contribution in [2.75, 3.05) is 25.0 Å². The van der Waals surface area contributed by atoms with Crippen LogP contribution in [0.4, 0.5) is 5.69 Å². The summed E-state index contributed by atoms with van der Waals surface area (Å²) in [6, 6.07) is 9.86. The fourth-order valence-corrected chi connectivity index (χ4v) is 1.89. The van der Waals surface area contributed by atoms with Crippen LogP contribution in [-0.4, -0.2) is 41.7 Å². The Kier molecular flexibility index (Phi) is 7.15. The van der Waals surface area contributed by atoms with Crippen LogP contribution in [-0.2, 0) is 4.79 Å². The van der Waals surface area contributed by atoms with Crippen molar-refractivity contribution < 1.29 is 9.90 Å². The number of amides is 1. The molecule has 1 aromatic rings. The zero-order valence-electron chi connectivity index (χ0n) is 11.8. The minimum Gasteiger partial charge on any atom is -0.396 e. The third-order valence-electron chi connectivity index (χ3n) is 3.02. The van der Waals surface area contributed by atoms with Gasteiger partial charge in [-0.1, -0.05) is 18.2 Å². The number of nitrogens with zero attached hydrogens (tertiary/aromatic N) is 1. The Morgan fingerprint density at radius 3 is 2.53 bits per heavy atom. The molecular weight excluding hydrogens is 240 g/mol. The molecule has 0 unspecified atom stereocenters. The molecule has 0 saturated heterocycles. The lowest BCUT2D eigenvalue weighted by atomic mass is 10.2. The molecule has 1 aromatic carbocycles. The van der Waals surface area contributed by atoms with Crippen LogP contribution in [0.2, 0.25) is 0 Å². The zero-order chi connectivity index (χ0) is 14.1. The van der Waals surface area contributed by atoms with Crippen molar-refractivity contribution in [2.24, 2.45) is 0 Å². The molecule has 19 heavy (non-hydrogen) atoms.